The highest BCUT2D eigenvalue weighted by Gasteiger charge is 2.08. The second kappa shape index (κ2) is 6.73. The van der Waals surface area contributed by atoms with Gasteiger partial charge in [-0.2, -0.15) is 5.26 Å². The number of hydrogen-bond acceptors (Lipinski definition) is 5. The first kappa shape index (κ1) is 14.8. The number of benzene rings is 1. The minimum atomic E-state index is -0.374. The van der Waals surface area contributed by atoms with Crippen LogP contribution in [0.1, 0.15) is 21.8 Å². The number of halogens is 1. The molecule has 3 aromatic rings. The third-order valence-electron chi connectivity index (χ3n) is 2.97. The van der Waals surface area contributed by atoms with E-state index in [1.165, 1.54) is 22.7 Å². The summed E-state index contributed by atoms with van der Waals surface area (Å²) in [5.74, 6) is 0.847. The van der Waals surface area contributed by atoms with Crippen LogP contribution in [0, 0.1) is 17.1 Å². The van der Waals surface area contributed by atoms with Gasteiger partial charge in [-0.1, -0.05) is 23.9 Å². The molecule has 0 aliphatic rings. The monoisotopic (exact) mass is 330 g/mol. The minimum Gasteiger partial charge on any atom is -0.262 e. The number of thioether (sulfide) groups is 1. The molecule has 0 saturated carbocycles. The lowest BCUT2D eigenvalue weighted by atomic mass is 10.1. The van der Waals surface area contributed by atoms with Gasteiger partial charge in [-0.25, -0.2) is 9.37 Å². The van der Waals surface area contributed by atoms with Crippen LogP contribution in [0.3, 0.4) is 0 Å². The van der Waals surface area contributed by atoms with Crippen molar-refractivity contribution in [3.8, 4) is 6.07 Å². The van der Waals surface area contributed by atoms with Gasteiger partial charge in [0.15, 0.2) is 0 Å². The molecule has 0 amide bonds. The summed E-state index contributed by atoms with van der Waals surface area (Å²) in [5, 5.41) is 18.4. The molecule has 1 N–H and O–H groups in total. The van der Waals surface area contributed by atoms with E-state index in [1.807, 2.05) is 23.6 Å². The molecule has 7 heteroatoms. The number of aromatic nitrogens is 3. The van der Waals surface area contributed by atoms with Gasteiger partial charge in [-0.05, 0) is 29.1 Å². The van der Waals surface area contributed by atoms with Crippen LogP contribution in [0.5, 0.6) is 0 Å². The quantitative estimate of drug-likeness (QED) is 0.723. The van der Waals surface area contributed by atoms with E-state index in [0.29, 0.717) is 22.0 Å². The fourth-order valence-electron chi connectivity index (χ4n) is 1.88. The Morgan fingerprint density at radius 2 is 2.27 bits per heavy atom. The second-order valence-electron chi connectivity index (χ2n) is 4.53. The van der Waals surface area contributed by atoms with Gasteiger partial charge in [0.05, 0.1) is 11.6 Å². The molecule has 0 saturated heterocycles. The summed E-state index contributed by atoms with van der Waals surface area (Å²) in [5.41, 5.74) is 0.857. The molecule has 0 unspecified atom stereocenters. The van der Waals surface area contributed by atoms with Gasteiger partial charge in [0.1, 0.15) is 11.6 Å². The van der Waals surface area contributed by atoms with E-state index in [4.69, 9.17) is 5.26 Å². The Balaban J connectivity index is 1.62. The summed E-state index contributed by atoms with van der Waals surface area (Å²) in [7, 11) is 0. The zero-order valence-electron chi connectivity index (χ0n) is 11.4. The van der Waals surface area contributed by atoms with Gasteiger partial charge < -0.3 is 0 Å². The van der Waals surface area contributed by atoms with Crippen LogP contribution < -0.4 is 0 Å². The Bertz CT molecular complexity index is 805. The third kappa shape index (κ3) is 3.53. The highest BCUT2D eigenvalue weighted by Crippen LogP contribution is 2.22. The van der Waals surface area contributed by atoms with E-state index >= 15 is 0 Å². The van der Waals surface area contributed by atoms with Crippen molar-refractivity contribution in [1.29, 1.82) is 5.26 Å². The number of rotatable bonds is 5. The van der Waals surface area contributed by atoms with Crippen LogP contribution in [0.4, 0.5) is 4.39 Å². The van der Waals surface area contributed by atoms with Gasteiger partial charge in [0.25, 0.3) is 0 Å². The highest BCUT2D eigenvalue weighted by molar-refractivity contribution is 7.98. The number of aromatic amines is 1. The summed E-state index contributed by atoms with van der Waals surface area (Å²) in [6.45, 7) is 0. The standard InChI is InChI=1S/C15H11FN4S2/c16-13-6-10(8-17)3-4-11(13)9-22-15-18-14(19-20-15)7-12-2-1-5-21-12/h1-6H,7,9H2,(H,18,19,20). The lowest BCUT2D eigenvalue weighted by Gasteiger charge is -2.01. The first-order chi connectivity index (χ1) is 10.7. The molecule has 2 heterocycles. The Labute approximate surface area is 135 Å². The Morgan fingerprint density at radius 1 is 1.36 bits per heavy atom. The van der Waals surface area contributed by atoms with E-state index in [0.717, 1.165) is 12.2 Å². The summed E-state index contributed by atoms with van der Waals surface area (Å²) in [6.07, 6.45) is 0.719. The van der Waals surface area contributed by atoms with E-state index in [1.54, 1.807) is 23.5 Å². The average molecular weight is 330 g/mol. The molecular formula is C15H11FN4S2. The molecular weight excluding hydrogens is 319 g/mol. The van der Waals surface area contributed by atoms with E-state index in [2.05, 4.69) is 15.2 Å². The number of nitrogens with zero attached hydrogens (tertiary/aromatic N) is 3. The largest absolute Gasteiger partial charge is 0.262 e. The maximum atomic E-state index is 13.8. The highest BCUT2D eigenvalue weighted by atomic mass is 32.2. The van der Waals surface area contributed by atoms with Gasteiger partial charge in [-0.3, -0.25) is 5.10 Å². The molecule has 1 aromatic carbocycles. The lowest BCUT2D eigenvalue weighted by Crippen LogP contribution is -1.90. The predicted molar refractivity (Wildman–Crippen MR) is 84.2 cm³/mol. The van der Waals surface area contributed by atoms with Gasteiger partial charge in [0.2, 0.25) is 5.16 Å². The summed E-state index contributed by atoms with van der Waals surface area (Å²) >= 11 is 3.03. The van der Waals surface area contributed by atoms with E-state index in [-0.39, 0.29) is 5.82 Å². The Morgan fingerprint density at radius 3 is 3.00 bits per heavy atom. The predicted octanol–water partition coefficient (Wildman–Crippen LogP) is 3.76. The zero-order valence-corrected chi connectivity index (χ0v) is 13.0. The molecule has 0 bridgehead atoms. The summed E-state index contributed by atoms with van der Waals surface area (Å²) < 4.78 is 13.8. The number of nitriles is 1. The average Bonchev–Trinajstić information content (AvgIpc) is 3.18. The SMILES string of the molecule is N#Cc1ccc(CSc2n[nH]c(Cc3cccs3)n2)c(F)c1. The fourth-order valence-corrected chi connectivity index (χ4v) is 3.39. The molecule has 4 nitrogen and oxygen atoms in total. The lowest BCUT2D eigenvalue weighted by molar-refractivity contribution is 0.617. The fraction of sp³-hybridized carbons (Fsp3) is 0.133. The van der Waals surface area contributed by atoms with Gasteiger partial charge >= 0.3 is 0 Å². The first-order valence-electron chi connectivity index (χ1n) is 6.49. The van der Waals surface area contributed by atoms with Crippen molar-refractivity contribution in [3.63, 3.8) is 0 Å². The van der Waals surface area contributed by atoms with Crippen LogP contribution in [-0.2, 0) is 12.2 Å². The summed E-state index contributed by atoms with van der Waals surface area (Å²) in [4.78, 5) is 5.61. The molecule has 110 valence electrons. The van der Waals surface area contributed by atoms with Crippen molar-refractivity contribution >= 4 is 23.1 Å². The third-order valence-corrected chi connectivity index (χ3v) is 4.74. The first-order valence-corrected chi connectivity index (χ1v) is 8.36. The van der Waals surface area contributed by atoms with E-state index < -0.39 is 0 Å². The van der Waals surface area contributed by atoms with Crippen LogP contribution in [-0.4, -0.2) is 15.2 Å². The van der Waals surface area contributed by atoms with Crippen molar-refractivity contribution in [3.05, 3.63) is 63.4 Å². The Hall–Kier alpha value is -2.17. The molecule has 0 fully saturated rings. The van der Waals surface area contributed by atoms with Crippen molar-refractivity contribution in [1.82, 2.24) is 15.2 Å². The number of nitrogens with one attached hydrogen (secondary N) is 1. The van der Waals surface area contributed by atoms with Crippen molar-refractivity contribution in [2.45, 2.75) is 17.3 Å². The van der Waals surface area contributed by atoms with Crippen molar-refractivity contribution in [2.75, 3.05) is 0 Å². The van der Waals surface area contributed by atoms with Crippen LogP contribution in [0.15, 0.2) is 40.9 Å². The van der Waals surface area contributed by atoms with E-state index in [9.17, 15) is 4.39 Å². The maximum Gasteiger partial charge on any atom is 0.208 e. The maximum absolute atomic E-state index is 13.8. The van der Waals surface area contributed by atoms with Crippen molar-refractivity contribution in [2.24, 2.45) is 0 Å². The smallest absolute Gasteiger partial charge is 0.208 e. The normalized spacial score (nSPS) is 10.5. The number of hydrogen-bond donors (Lipinski definition) is 1. The number of thiophene rings is 1. The van der Waals surface area contributed by atoms with Gasteiger partial charge in [0, 0.05) is 17.1 Å². The molecule has 2 aromatic heterocycles. The molecule has 3 rings (SSSR count). The molecule has 0 atom stereocenters. The van der Waals surface area contributed by atoms with Gasteiger partial charge in [-0.15, -0.1) is 16.4 Å². The summed E-state index contributed by atoms with van der Waals surface area (Å²) in [6, 6.07) is 10.4. The van der Waals surface area contributed by atoms with Crippen LogP contribution in [0.25, 0.3) is 0 Å². The molecule has 0 spiro atoms. The Kier molecular flexibility index (Phi) is 4.51. The van der Waals surface area contributed by atoms with Crippen LogP contribution in [0.2, 0.25) is 0 Å². The zero-order chi connectivity index (χ0) is 15.4. The molecule has 0 radical (unpaired) electrons. The molecule has 0 aliphatic heterocycles. The number of H-pyrrole nitrogens is 1. The minimum absolute atomic E-state index is 0.322. The molecule has 0 aliphatic carbocycles. The second-order valence-corrected chi connectivity index (χ2v) is 6.50. The molecule has 22 heavy (non-hydrogen) atoms. The topological polar surface area (TPSA) is 65.4 Å². The van der Waals surface area contributed by atoms with Crippen LogP contribution >= 0.6 is 23.1 Å². The van der Waals surface area contributed by atoms with Crippen molar-refractivity contribution < 1.29 is 4.39 Å².